The van der Waals surface area contributed by atoms with Crippen LogP contribution in [0.25, 0.3) is 16.9 Å². The summed E-state index contributed by atoms with van der Waals surface area (Å²) in [5, 5.41) is 4.34. The molecule has 0 radical (unpaired) electrons. The molecule has 0 aliphatic rings. The van der Waals surface area contributed by atoms with Gasteiger partial charge in [0.05, 0.1) is 16.3 Å². The summed E-state index contributed by atoms with van der Waals surface area (Å²) in [6.07, 6.45) is 1.12. The molecule has 0 saturated heterocycles. The molecule has 2 N–H and O–H groups in total. The van der Waals surface area contributed by atoms with E-state index in [4.69, 9.17) is 5.73 Å². The molecular weight excluding hydrogens is 345 g/mol. The highest BCUT2D eigenvalue weighted by atomic mass is 32.2. The normalized spacial score (nSPS) is 11.4. The van der Waals surface area contributed by atoms with E-state index in [0.717, 1.165) is 6.26 Å². The van der Waals surface area contributed by atoms with Crippen LogP contribution in [0.1, 0.15) is 10.5 Å². The van der Waals surface area contributed by atoms with Gasteiger partial charge in [-0.25, -0.2) is 17.5 Å². The van der Waals surface area contributed by atoms with Crippen molar-refractivity contribution < 1.29 is 17.6 Å². The van der Waals surface area contributed by atoms with Gasteiger partial charge in [-0.1, -0.05) is 12.1 Å². The first-order valence-corrected chi connectivity index (χ1v) is 9.11. The zero-order valence-corrected chi connectivity index (χ0v) is 14.0. The van der Waals surface area contributed by atoms with E-state index in [0.29, 0.717) is 16.9 Å². The zero-order chi connectivity index (χ0) is 18.2. The van der Waals surface area contributed by atoms with E-state index >= 15 is 0 Å². The van der Waals surface area contributed by atoms with E-state index in [1.165, 1.54) is 47.1 Å². The van der Waals surface area contributed by atoms with Crippen LogP contribution >= 0.6 is 0 Å². The van der Waals surface area contributed by atoms with Crippen LogP contribution in [0.2, 0.25) is 0 Å². The molecule has 2 aromatic carbocycles. The fourth-order valence-corrected chi connectivity index (χ4v) is 2.98. The monoisotopic (exact) mass is 359 g/mol. The summed E-state index contributed by atoms with van der Waals surface area (Å²) in [5.41, 5.74) is 7.08. The van der Waals surface area contributed by atoms with Gasteiger partial charge in [0.15, 0.2) is 9.84 Å². The first-order valence-electron chi connectivity index (χ1n) is 7.22. The van der Waals surface area contributed by atoms with E-state index in [2.05, 4.69) is 5.10 Å². The number of benzene rings is 2. The van der Waals surface area contributed by atoms with Gasteiger partial charge in [-0.3, -0.25) is 4.79 Å². The third-order valence-electron chi connectivity index (χ3n) is 3.61. The van der Waals surface area contributed by atoms with E-state index in [-0.39, 0.29) is 10.6 Å². The Bertz CT molecular complexity index is 1040. The van der Waals surface area contributed by atoms with Crippen molar-refractivity contribution in [2.75, 3.05) is 6.26 Å². The molecule has 1 aromatic heterocycles. The fourth-order valence-electron chi connectivity index (χ4n) is 2.35. The van der Waals surface area contributed by atoms with Crippen LogP contribution in [0.5, 0.6) is 0 Å². The summed E-state index contributed by atoms with van der Waals surface area (Å²) in [7, 11) is -3.30. The van der Waals surface area contributed by atoms with Crippen molar-refractivity contribution in [2.45, 2.75) is 4.90 Å². The minimum atomic E-state index is -3.30. The lowest BCUT2D eigenvalue weighted by Gasteiger charge is -2.04. The molecule has 128 valence electrons. The van der Waals surface area contributed by atoms with E-state index < -0.39 is 21.6 Å². The quantitative estimate of drug-likeness (QED) is 0.772. The highest BCUT2D eigenvalue weighted by molar-refractivity contribution is 7.90. The van der Waals surface area contributed by atoms with Gasteiger partial charge in [-0.05, 0) is 42.5 Å². The molecule has 3 rings (SSSR count). The van der Waals surface area contributed by atoms with Gasteiger partial charge >= 0.3 is 0 Å². The van der Waals surface area contributed by atoms with Gasteiger partial charge in [0.1, 0.15) is 11.5 Å². The molecule has 6 nitrogen and oxygen atoms in total. The second-order valence-electron chi connectivity index (χ2n) is 5.46. The molecule has 0 atom stereocenters. The maximum Gasteiger partial charge on any atom is 0.267 e. The average molecular weight is 359 g/mol. The number of carbonyl (C=O) groups excluding carboxylic acids is 1. The van der Waals surface area contributed by atoms with Crippen molar-refractivity contribution in [3.05, 3.63) is 66.1 Å². The molecule has 0 bridgehead atoms. The van der Waals surface area contributed by atoms with E-state index in [1.807, 2.05) is 0 Å². The number of rotatable bonds is 4. The lowest BCUT2D eigenvalue weighted by Crippen LogP contribution is -2.16. The van der Waals surface area contributed by atoms with Gasteiger partial charge in [-0.15, -0.1) is 0 Å². The molecule has 1 amide bonds. The van der Waals surface area contributed by atoms with Crippen molar-refractivity contribution in [3.8, 4) is 16.9 Å². The van der Waals surface area contributed by atoms with Gasteiger partial charge < -0.3 is 5.73 Å². The van der Waals surface area contributed by atoms with Crippen LogP contribution in [-0.2, 0) is 9.84 Å². The molecule has 0 unspecified atom stereocenters. The van der Waals surface area contributed by atoms with E-state index in [1.54, 1.807) is 12.1 Å². The van der Waals surface area contributed by atoms with E-state index in [9.17, 15) is 17.6 Å². The Balaban J connectivity index is 2.08. The number of hydrogen-bond acceptors (Lipinski definition) is 4. The second kappa shape index (κ2) is 6.14. The molecule has 0 saturated carbocycles. The molecule has 0 fully saturated rings. The van der Waals surface area contributed by atoms with Crippen LogP contribution in [0.4, 0.5) is 4.39 Å². The molecule has 1 heterocycles. The Hall–Kier alpha value is -3.00. The second-order valence-corrected chi connectivity index (χ2v) is 7.48. The Morgan fingerprint density at radius 3 is 2.20 bits per heavy atom. The van der Waals surface area contributed by atoms with Crippen molar-refractivity contribution in [2.24, 2.45) is 5.73 Å². The molecule has 0 spiro atoms. The van der Waals surface area contributed by atoms with Crippen LogP contribution in [0.3, 0.4) is 0 Å². The van der Waals surface area contributed by atoms with Crippen LogP contribution in [0.15, 0.2) is 59.5 Å². The van der Waals surface area contributed by atoms with Crippen LogP contribution < -0.4 is 5.73 Å². The number of amides is 1. The molecule has 0 aliphatic heterocycles. The Morgan fingerprint density at radius 1 is 1.08 bits per heavy atom. The summed E-state index contributed by atoms with van der Waals surface area (Å²) in [6, 6.07) is 13.1. The van der Waals surface area contributed by atoms with Crippen molar-refractivity contribution in [3.63, 3.8) is 0 Å². The lowest BCUT2D eigenvalue weighted by atomic mass is 10.1. The predicted octanol–water partition coefficient (Wildman–Crippen LogP) is 2.18. The Kier molecular flexibility index (Phi) is 4.13. The van der Waals surface area contributed by atoms with Gasteiger partial charge in [0, 0.05) is 11.8 Å². The molecule has 0 aliphatic carbocycles. The topological polar surface area (TPSA) is 95.0 Å². The number of hydrogen-bond donors (Lipinski definition) is 1. The third-order valence-corrected chi connectivity index (χ3v) is 4.74. The fraction of sp³-hybridized carbons (Fsp3) is 0.0588. The smallest absolute Gasteiger partial charge is 0.267 e. The minimum absolute atomic E-state index is 0.133. The number of aromatic nitrogens is 2. The third kappa shape index (κ3) is 3.43. The lowest BCUT2D eigenvalue weighted by molar-refractivity contribution is 0.0993. The summed E-state index contributed by atoms with van der Waals surface area (Å²) < 4.78 is 37.5. The summed E-state index contributed by atoms with van der Waals surface area (Å²) in [6.45, 7) is 0. The standard InChI is InChI=1S/C17H14FN3O3S/c1-25(23,24)14-8-2-11(3-9-14)15-10-16(17(19)22)21(20-15)13-6-4-12(18)5-7-13/h2-10H,1H3,(H2,19,22). The van der Waals surface area contributed by atoms with Gasteiger partial charge in [0.25, 0.3) is 5.91 Å². The molecular formula is C17H14FN3O3S. The SMILES string of the molecule is CS(=O)(=O)c1ccc(-c2cc(C(N)=O)n(-c3ccc(F)cc3)n2)cc1. The highest BCUT2D eigenvalue weighted by Gasteiger charge is 2.16. The number of primary amides is 1. The first kappa shape index (κ1) is 16.8. The Morgan fingerprint density at radius 2 is 1.68 bits per heavy atom. The predicted molar refractivity (Wildman–Crippen MR) is 90.6 cm³/mol. The number of sulfone groups is 1. The summed E-state index contributed by atoms with van der Waals surface area (Å²) in [5.74, 6) is -1.09. The number of nitrogens with zero attached hydrogens (tertiary/aromatic N) is 2. The summed E-state index contributed by atoms with van der Waals surface area (Å²) in [4.78, 5) is 11.9. The van der Waals surface area contributed by atoms with Crippen LogP contribution in [0, 0.1) is 5.82 Å². The Labute approximate surface area is 143 Å². The summed E-state index contributed by atoms with van der Waals surface area (Å²) >= 11 is 0. The minimum Gasteiger partial charge on any atom is -0.364 e. The first-order chi connectivity index (χ1) is 11.8. The molecule has 3 aromatic rings. The van der Waals surface area contributed by atoms with Gasteiger partial charge in [0.2, 0.25) is 0 Å². The highest BCUT2D eigenvalue weighted by Crippen LogP contribution is 2.23. The average Bonchev–Trinajstić information content (AvgIpc) is 3.00. The molecule has 8 heteroatoms. The van der Waals surface area contributed by atoms with Crippen molar-refractivity contribution in [1.29, 1.82) is 0 Å². The zero-order valence-electron chi connectivity index (χ0n) is 13.2. The molecule has 25 heavy (non-hydrogen) atoms. The number of nitrogens with two attached hydrogens (primary N) is 1. The number of halogens is 1. The maximum atomic E-state index is 13.1. The number of carbonyl (C=O) groups is 1. The van der Waals surface area contributed by atoms with Crippen molar-refractivity contribution in [1.82, 2.24) is 9.78 Å². The van der Waals surface area contributed by atoms with Crippen molar-refractivity contribution >= 4 is 15.7 Å². The maximum absolute atomic E-state index is 13.1. The largest absolute Gasteiger partial charge is 0.364 e. The van der Waals surface area contributed by atoms with Gasteiger partial charge in [-0.2, -0.15) is 5.10 Å². The van der Waals surface area contributed by atoms with Crippen LogP contribution in [-0.4, -0.2) is 30.4 Å².